The predicted octanol–water partition coefficient (Wildman–Crippen LogP) is 5.26. The van der Waals surface area contributed by atoms with E-state index in [1.165, 1.54) is 0 Å². The first kappa shape index (κ1) is 27.7. The lowest BCUT2D eigenvalue weighted by molar-refractivity contribution is -0.146. The molecule has 196 valence electrons. The summed E-state index contributed by atoms with van der Waals surface area (Å²) in [7, 11) is 0. The first-order valence-electron chi connectivity index (χ1n) is 13.7. The van der Waals surface area contributed by atoms with Crippen LogP contribution in [-0.2, 0) is 9.59 Å². The number of piperazine rings is 1. The SMILES string of the molecule is CCCC[C@H](CC)C(=O)N1CCN(C(=O)[C@H](NC(=O)c2ccc3ccccc3c2)[C@@H](C)CC)C[C@@H]1C. The maximum Gasteiger partial charge on any atom is 0.251 e. The van der Waals surface area contributed by atoms with Gasteiger partial charge >= 0.3 is 0 Å². The van der Waals surface area contributed by atoms with Crippen LogP contribution in [0.4, 0.5) is 0 Å². The molecular weight excluding hydrogens is 450 g/mol. The fraction of sp³-hybridized carbons (Fsp3) is 0.567. The molecule has 1 heterocycles. The summed E-state index contributed by atoms with van der Waals surface area (Å²) in [6, 6.07) is 12.9. The van der Waals surface area contributed by atoms with E-state index in [0.29, 0.717) is 25.2 Å². The summed E-state index contributed by atoms with van der Waals surface area (Å²) in [6.45, 7) is 11.8. The molecule has 0 aromatic heterocycles. The van der Waals surface area contributed by atoms with Crippen LogP contribution in [0.15, 0.2) is 42.5 Å². The van der Waals surface area contributed by atoms with Crippen molar-refractivity contribution in [3.8, 4) is 0 Å². The molecule has 1 aliphatic rings. The molecule has 1 N–H and O–H groups in total. The van der Waals surface area contributed by atoms with Crippen LogP contribution in [0.1, 0.15) is 77.1 Å². The number of benzene rings is 2. The van der Waals surface area contributed by atoms with Crippen LogP contribution in [0, 0.1) is 11.8 Å². The molecule has 1 aliphatic heterocycles. The second-order valence-electron chi connectivity index (χ2n) is 10.3. The van der Waals surface area contributed by atoms with Crippen molar-refractivity contribution in [2.75, 3.05) is 19.6 Å². The maximum absolute atomic E-state index is 13.6. The highest BCUT2D eigenvalue weighted by Crippen LogP contribution is 2.22. The minimum Gasteiger partial charge on any atom is -0.340 e. The number of nitrogens with zero attached hydrogens (tertiary/aromatic N) is 2. The molecule has 0 saturated carbocycles. The number of amides is 3. The molecule has 3 amide bonds. The molecule has 2 aromatic rings. The third kappa shape index (κ3) is 6.45. The van der Waals surface area contributed by atoms with E-state index in [-0.39, 0.29) is 35.6 Å². The van der Waals surface area contributed by atoms with E-state index in [9.17, 15) is 14.4 Å². The van der Waals surface area contributed by atoms with E-state index in [1.807, 2.05) is 73.0 Å². The Bertz CT molecular complexity index is 1050. The number of carbonyl (C=O) groups excluding carboxylic acids is 3. The molecule has 3 rings (SSSR count). The molecule has 0 radical (unpaired) electrons. The number of fused-ring (bicyclic) bond motifs is 1. The number of carbonyl (C=O) groups is 3. The Morgan fingerprint density at radius 2 is 1.69 bits per heavy atom. The van der Waals surface area contributed by atoms with Gasteiger partial charge < -0.3 is 15.1 Å². The average Bonchev–Trinajstić information content (AvgIpc) is 2.90. The molecular formula is C30H43N3O3. The van der Waals surface area contributed by atoms with E-state index in [0.717, 1.165) is 42.9 Å². The smallest absolute Gasteiger partial charge is 0.251 e. The molecule has 0 aliphatic carbocycles. The van der Waals surface area contributed by atoms with Crippen LogP contribution in [0.5, 0.6) is 0 Å². The minimum absolute atomic E-state index is 0.00427. The normalized spacial score (nSPS) is 18.5. The second kappa shape index (κ2) is 12.9. The zero-order chi connectivity index (χ0) is 26.2. The number of unbranched alkanes of at least 4 members (excludes halogenated alkanes) is 1. The molecule has 6 heteroatoms. The van der Waals surface area contributed by atoms with Crippen molar-refractivity contribution in [3.05, 3.63) is 48.0 Å². The van der Waals surface area contributed by atoms with Gasteiger partial charge in [0.1, 0.15) is 6.04 Å². The largest absolute Gasteiger partial charge is 0.340 e. The van der Waals surface area contributed by atoms with E-state index in [1.54, 1.807) is 0 Å². The van der Waals surface area contributed by atoms with Gasteiger partial charge in [-0.3, -0.25) is 14.4 Å². The fourth-order valence-corrected chi connectivity index (χ4v) is 5.11. The van der Waals surface area contributed by atoms with Gasteiger partial charge in [-0.1, -0.05) is 77.3 Å². The molecule has 1 fully saturated rings. The van der Waals surface area contributed by atoms with Crippen molar-refractivity contribution >= 4 is 28.5 Å². The summed E-state index contributed by atoms with van der Waals surface area (Å²) < 4.78 is 0. The summed E-state index contributed by atoms with van der Waals surface area (Å²) in [6.07, 6.45) is 4.70. The summed E-state index contributed by atoms with van der Waals surface area (Å²) in [5, 5.41) is 5.10. The molecule has 36 heavy (non-hydrogen) atoms. The van der Waals surface area contributed by atoms with Crippen LogP contribution < -0.4 is 5.32 Å². The highest BCUT2D eigenvalue weighted by molar-refractivity contribution is 6.00. The van der Waals surface area contributed by atoms with Gasteiger partial charge in [0, 0.05) is 37.2 Å². The number of hydrogen-bond donors (Lipinski definition) is 1. The second-order valence-corrected chi connectivity index (χ2v) is 10.3. The Morgan fingerprint density at radius 3 is 2.33 bits per heavy atom. The molecule has 1 saturated heterocycles. The molecule has 0 unspecified atom stereocenters. The van der Waals surface area contributed by atoms with Gasteiger partial charge in [0.25, 0.3) is 5.91 Å². The van der Waals surface area contributed by atoms with Crippen LogP contribution >= 0.6 is 0 Å². The van der Waals surface area contributed by atoms with Crippen molar-refractivity contribution in [2.45, 2.75) is 78.8 Å². The van der Waals surface area contributed by atoms with E-state index >= 15 is 0 Å². The van der Waals surface area contributed by atoms with Crippen LogP contribution in [-0.4, -0.2) is 59.2 Å². The van der Waals surface area contributed by atoms with Crippen molar-refractivity contribution in [1.29, 1.82) is 0 Å². The lowest BCUT2D eigenvalue weighted by Gasteiger charge is -2.42. The van der Waals surface area contributed by atoms with Crippen LogP contribution in [0.2, 0.25) is 0 Å². The number of nitrogens with one attached hydrogen (secondary N) is 1. The fourth-order valence-electron chi connectivity index (χ4n) is 5.11. The summed E-state index contributed by atoms with van der Waals surface area (Å²) >= 11 is 0. The van der Waals surface area contributed by atoms with Crippen molar-refractivity contribution < 1.29 is 14.4 Å². The van der Waals surface area contributed by atoms with Crippen molar-refractivity contribution in [3.63, 3.8) is 0 Å². The highest BCUT2D eigenvalue weighted by atomic mass is 16.2. The number of rotatable bonds is 10. The third-order valence-electron chi connectivity index (χ3n) is 7.75. The lowest BCUT2D eigenvalue weighted by Crippen LogP contribution is -2.60. The number of hydrogen-bond acceptors (Lipinski definition) is 3. The molecule has 4 atom stereocenters. The third-order valence-corrected chi connectivity index (χ3v) is 7.75. The Kier molecular flexibility index (Phi) is 9.91. The zero-order valence-electron chi connectivity index (χ0n) is 22.6. The molecule has 0 spiro atoms. The van der Waals surface area contributed by atoms with E-state index in [4.69, 9.17) is 0 Å². The molecule has 2 aromatic carbocycles. The molecule has 0 bridgehead atoms. The van der Waals surface area contributed by atoms with E-state index < -0.39 is 6.04 Å². The summed E-state index contributed by atoms with van der Waals surface area (Å²) in [4.78, 5) is 43.8. The van der Waals surface area contributed by atoms with Gasteiger partial charge in [-0.2, -0.15) is 0 Å². The van der Waals surface area contributed by atoms with Crippen LogP contribution in [0.25, 0.3) is 10.8 Å². The summed E-state index contributed by atoms with van der Waals surface area (Å²) in [5.41, 5.74) is 0.552. The first-order valence-corrected chi connectivity index (χ1v) is 13.7. The minimum atomic E-state index is -0.601. The Balaban J connectivity index is 1.69. The van der Waals surface area contributed by atoms with Gasteiger partial charge in [-0.05, 0) is 48.6 Å². The monoisotopic (exact) mass is 493 g/mol. The topological polar surface area (TPSA) is 69.7 Å². The lowest BCUT2D eigenvalue weighted by atomic mass is 9.95. The zero-order valence-corrected chi connectivity index (χ0v) is 22.6. The predicted molar refractivity (Wildman–Crippen MR) is 146 cm³/mol. The van der Waals surface area contributed by atoms with Gasteiger partial charge in [-0.15, -0.1) is 0 Å². The van der Waals surface area contributed by atoms with Gasteiger partial charge in [0.05, 0.1) is 0 Å². The Hall–Kier alpha value is -2.89. The van der Waals surface area contributed by atoms with Crippen molar-refractivity contribution in [2.24, 2.45) is 11.8 Å². The quantitative estimate of drug-likeness (QED) is 0.491. The standard InChI is InChI=1S/C30H43N3O3/c1-6-9-12-23(8-3)29(35)33-18-17-32(20-22(33)5)30(36)27(21(4)7-2)31-28(34)26-16-15-24-13-10-11-14-25(24)19-26/h10-11,13-16,19,21-23,27H,6-9,12,17-18,20H2,1-5H3,(H,31,34)/t21-,22-,23-,27+/m0/s1. The Morgan fingerprint density at radius 1 is 0.972 bits per heavy atom. The van der Waals surface area contributed by atoms with Gasteiger partial charge in [0.15, 0.2) is 0 Å². The Labute approximate surface area is 216 Å². The van der Waals surface area contributed by atoms with Gasteiger partial charge in [-0.25, -0.2) is 0 Å². The van der Waals surface area contributed by atoms with E-state index in [2.05, 4.69) is 19.2 Å². The van der Waals surface area contributed by atoms with Crippen LogP contribution in [0.3, 0.4) is 0 Å². The first-order chi connectivity index (χ1) is 17.3. The van der Waals surface area contributed by atoms with Gasteiger partial charge in [0.2, 0.25) is 11.8 Å². The highest BCUT2D eigenvalue weighted by Gasteiger charge is 2.36. The summed E-state index contributed by atoms with van der Waals surface area (Å²) in [5.74, 6) is -0.0220. The average molecular weight is 494 g/mol. The van der Waals surface area contributed by atoms with Crippen molar-refractivity contribution in [1.82, 2.24) is 15.1 Å². The maximum atomic E-state index is 13.6. The molecule has 6 nitrogen and oxygen atoms in total.